The minimum atomic E-state index is -0.848. The minimum absolute atomic E-state index is 0.660. The maximum Gasteiger partial charge on any atom is 0.127 e. The molecule has 2 unspecified atom stereocenters. The van der Waals surface area contributed by atoms with Gasteiger partial charge in [-0.3, -0.25) is 0 Å². The van der Waals surface area contributed by atoms with Gasteiger partial charge in [-0.1, -0.05) is 0 Å². The standard InChI is InChI=1S/C14H17N3O2/c1-17(2)12-11(13(18)14(12)19)16-9-3-4-10-8(7-9)5-6-15-10/h3-7,13-16,18-19H,1-2H3. The first kappa shape index (κ1) is 12.1. The van der Waals surface area contributed by atoms with Crippen LogP contribution in [0.2, 0.25) is 0 Å². The molecule has 4 N–H and O–H groups in total. The third kappa shape index (κ3) is 1.87. The van der Waals surface area contributed by atoms with Crippen LogP contribution in [0.3, 0.4) is 0 Å². The smallest absolute Gasteiger partial charge is 0.127 e. The maximum atomic E-state index is 9.83. The van der Waals surface area contributed by atoms with Crippen LogP contribution < -0.4 is 5.32 Å². The fourth-order valence-electron chi connectivity index (χ4n) is 2.45. The van der Waals surface area contributed by atoms with E-state index < -0.39 is 12.2 Å². The van der Waals surface area contributed by atoms with Gasteiger partial charge < -0.3 is 25.4 Å². The van der Waals surface area contributed by atoms with Gasteiger partial charge in [-0.25, -0.2) is 0 Å². The summed E-state index contributed by atoms with van der Waals surface area (Å²) in [5.41, 5.74) is 3.35. The van der Waals surface area contributed by atoms with Crippen LogP contribution in [-0.2, 0) is 0 Å². The van der Waals surface area contributed by atoms with Crippen molar-refractivity contribution < 1.29 is 10.2 Å². The number of nitrogens with one attached hydrogen (secondary N) is 2. The molecule has 1 aliphatic rings. The van der Waals surface area contributed by atoms with Crippen LogP contribution in [0.5, 0.6) is 0 Å². The number of likely N-dealkylation sites (N-methyl/N-ethyl adjacent to an activating group) is 1. The molecule has 0 amide bonds. The summed E-state index contributed by atoms with van der Waals surface area (Å²) in [7, 11) is 3.70. The number of H-pyrrole nitrogens is 1. The summed E-state index contributed by atoms with van der Waals surface area (Å²) >= 11 is 0. The summed E-state index contributed by atoms with van der Waals surface area (Å²) in [5.74, 6) is 0. The first-order valence-corrected chi connectivity index (χ1v) is 6.19. The van der Waals surface area contributed by atoms with Crippen molar-refractivity contribution in [1.82, 2.24) is 9.88 Å². The molecule has 2 aromatic rings. The lowest BCUT2D eigenvalue weighted by Crippen LogP contribution is -2.48. The molecule has 2 atom stereocenters. The van der Waals surface area contributed by atoms with E-state index in [4.69, 9.17) is 0 Å². The molecule has 0 saturated heterocycles. The average molecular weight is 259 g/mol. The van der Waals surface area contributed by atoms with E-state index >= 15 is 0 Å². The summed E-state index contributed by atoms with van der Waals surface area (Å²) in [5, 5.41) is 23.9. The Kier molecular flexibility index (Phi) is 2.73. The van der Waals surface area contributed by atoms with E-state index in [9.17, 15) is 10.2 Å². The molecule has 0 aliphatic heterocycles. The highest BCUT2D eigenvalue weighted by atomic mass is 16.3. The quantitative estimate of drug-likeness (QED) is 0.666. The Morgan fingerprint density at radius 1 is 1.16 bits per heavy atom. The molecule has 1 aromatic heterocycles. The highest BCUT2D eigenvalue weighted by molar-refractivity contribution is 5.83. The van der Waals surface area contributed by atoms with Crippen LogP contribution >= 0.6 is 0 Å². The zero-order chi connectivity index (χ0) is 13.6. The summed E-state index contributed by atoms with van der Waals surface area (Å²) in [6.45, 7) is 0. The Hall–Kier alpha value is -1.98. The molecule has 5 nitrogen and oxygen atoms in total. The number of hydrogen-bond donors (Lipinski definition) is 4. The van der Waals surface area contributed by atoms with Crippen molar-refractivity contribution in [3.05, 3.63) is 41.9 Å². The Morgan fingerprint density at radius 2 is 1.95 bits per heavy atom. The zero-order valence-electron chi connectivity index (χ0n) is 10.9. The van der Waals surface area contributed by atoms with Crippen LogP contribution in [0.1, 0.15) is 0 Å². The molecule has 3 rings (SSSR count). The number of rotatable bonds is 3. The summed E-state index contributed by atoms with van der Waals surface area (Å²) in [4.78, 5) is 4.95. The van der Waals surface area contributed by atoms with Crippen molar-refractivity contribution >= 4 is 16.6 Å². The number of nitrogens with zero attached hydrogens (tertiary/aromatic N) is 1. The molecule has 0 saturated carbocycles. The topological polar surface area (TPSA) is 71.5 Å². The van der Waals surface area contributed by atoms with Gasteiger partial charge in [-0.15, -0.1) is 0 Å². The lowest BCUT2D eigenvalue weighted by Gasteiger charge is -2.39. The average Bonchev–Trinajstić information content (AvgIpc) is 2.84. The van der Waals surface area contributed by atoms with Gasteiger partial charge in [0.1, 0.15) is 12.2 Å². The second-order valence-corrected chi connectivity index (χ2v) is 4.99. The molecular formula is C14H17N3O2. The number of aromatic nitrogens is 1. The lowest BCUT2D eigenvalue weighted by molar-refractivity contribution is 0.0189. The molecule has 0 spiro atoms. The fourth-order valence-corrected chi connectivity index (χ4v) is 2.45. The number of hydrogen-bond acceptors (Lipinski definition) is 4. The maximum absolute atomic E-state index is 9.83. The van der Waals surface area contributed by atoms with Gasteiger partial charge in [-0.05, 0) is 24.3 Å². The SMILES string of the molecule is CN(C)C1=C(Nc2ccc3[nH]ccc3c2)C(O)C1O. The molecule has 19 heavy (non-hydrogen) atoms. The predicted octanol–water partition coefficient (Wildman–Crippen LogP) is 1.09. The number of benzene rings is 1. The van der Waals surface area contributed by atoms with E-state index in [1.807, 2.05) is 49.5 Å². The van der Waals surface area contributed by atoms with Gasteiger partial charge in [0.25, 0.3) is 0 Å². The van der Waals surface area contributed by atoms with Gasteiger partial charge >= 0.3 is 0 Å². The zero-order valence-corrected chi connectivity index (χ0v) is 10.9. The number of aliphatic hydroxyl groups excluding tert-OH is 2. The van der Waals surface area contributed by atoms with Crippen LogP contribution in [0.4, 0.5) is 5.69 Å². The highest BCUT2D eigenvalue weighted by Gasteiger charge is 2.39. The second kappa shape index (κ2) is 4.29. The van der Waals surface area contributed by atoms with Gasteiger partial charge in [0.2, 0.25) is 0 Å². The predicted molar refractivity (Wildman–Crippen MR) is 74.6 cm³/mol. The molecule has 0 radical (unpaired) electrons. The molecule has 1 aliphatic carbocycles. The number of aliphatic hydroxyl groups is 2. The molecule has 0 bridgehead atoms. The Balaban J connectivity index is 1.92. The number of aromatic amines is 1. The summed E-state index contributed by atoms with van der Waals surface area (Å²) in [6, 6.07) is 7.92. The monoisotopic (exact) mass is 259 g/mol. The van der Waals surface area contributed by atoms with E-state index in [-0.39, 0.29) is 0 Å². The Morgan fingerprint density at radius 3 is 2.68 bits per heavy atom. The van der Waals surface area contributed by atoms with Crippen molar-refractivity contribution in [2.75, 3.05) is 19.4 Å². The molecule has 1 aromatic carbocycles. The minimum Gasteiger partial charge on any atom is -0.384 e. The first-order chi connectivity index (χ1) is 9.08. The highest BCUT2D eigenvalue weighted by Crippen LogP contribution is 2.32. The lowest BCUT2D eigenvalue weighted by atomic mass is 9.92. The molecular weight excluding hydrogens is 242 g/mol. The van der Waals surface area contributed by atoms with Crippen molar-refractivity contribution in [3.63, 3.8) is 0 Å². The largest absolute Gasteiger partial charge is 0.384 e. The number of anilines is 1. The third-order valence-electron chi connectivity index (χ3n) is 3.47. The van der Waals surface area contributed by atoms with E-state index in [0.29, 0.717) is 5.70 Å². The molecule has 100 valence electrons. The first-order valence-electron chi connectivity index (χ1n) is 6.19. The van der Waals surface area contributed by atoms with Crippen LogP contribution in [0, 0.1) is 0 Å². The Labute approximate surface area is 111 Å². The summed E-state index contributed by atoms with van der Waals surface area (Å²) in [6.07, 6.45) is 0.230. The second-order valence-electron chi connectivity index (χ2n) is 4.99. The van der Waals surface area contributed by atoms with E-state index in [2.05, 4.69) is 10.3 Å². The van der Waals surface area contributed by atoms with Gasteiger partial charge in [0.05, 0.1) is 11.4 Å². The normalized spacial score (nSPS) is 22.5. The molecule has 5 heteroatoms. The number of fused-ring (bicyclic) bond motifs is 1. The summed E-state index contributed by atoms with van der Waals surface area (Å²) < 4.78 is 0. The van der Waals surface area contributed by atoms with Crippen LogP contribution in [-0.4, -0.2) is 46.4 Å². The third-order valence-corrected chi connectivity index (χ3v) is 3.47. The van der Waals surface area contributed by atoms with Crippen molar-refractivity contribution in [3.8, 4) is 0 Å². The van der Waals surface area contributed by atoms with Crippen molar-refractivity contribution in [1.29, 1.82) is 0 Å². The molecule has 0 fully saturated rings. The molecule has 1 heterocycles. The van der Waals surface area contributed by atoms with Crippen molar-refractivity contribution in [2.45, 2.75) is 12.2 Å². The van der Waals surface area contributed by atoms with Gasteiger partial charge in [0, 0.05) is 36.9 Å². The van der Waals surface area contributed by atoms with Crippen molar-refractivity contribution in [2.24, 2.45) is 0 Å². The van der Waals surface area contributed by atoms with Crippen LogP contribution in [0.15, 0.2) is 41.9 Å². The van der Waals surface area contributed by atoms with E-state index in [1.54, 1.807) is 0 Å². The van der Waals surface area contributed by atoms with Crippen LogP contribution in [0.25, 0.3) is 10.9 Å². The fraction of sp³-hybridized carbons (Fsp3) is 0.286. The van der Waals surface area contributed by atoms with E-state index in [0.717, 1.165) is 22.3 Å². The van der Waals surface area contributed by atoms with Gasteiger partial charge in [0.15, 0.2) is 0 Å². The Bertz CT molecular complexity index is 645. The van der Waals surface area contributed by atoms with E-state index in [1.165, 1.54) is 0 Å². The van der Waals surface area contributed by atoms with Gasteiger partial charge in [-0.2, -0.15) is 0 Å².